The summed E-state index contributed by atoms with van der Waals surface area (Å²) < 4.78 is 1.76. The second-order valence-corrected chi connectivity index (χ2v) is 8.93. The highest BCUT2D eigenvalue weighted by atomic mass is 32.1. The number of carbonyl (C=O) groups is 1. The van der Waals surface area contributed by atoms with E-state index in [1.165, 1.54) is 11.3 Å². The lowest BCUT2D eigenvalue weighted by Gasteiger charge is -2.42. The smallest absolute Gasteiger partial charge is 0.264 e. The van der Waals surface area contributed by atoms with Gasteiger partial charge in [-0.1, -0.05) is 13.8 Å². The fourth-order valence-corrected chi connectivity index (χ4v) is 5.13. The van der Waals surface area contributed by atoms with E-state index in [1.54, 1.807) is 4.57 Å². The van der Waals surface area contributed by atoms with Crippen LogP contribution < -0.4 is 11.3 Å². The second kappa shape index (κ2) is 5.64. The van der Waals surface area contributed by atoms with Crippen molar-refractivity contribution in [3.8, 4) is 0 Å². The van der Waals surface area contributed by atoms with Crippen molar-refractivity contribution in [3.63, 3.8) is 0 Å². The van der Waals surface area contributed by atoms with Crippen molar-refractivity contribution >= 4 is 27.5 Å². The maximum atomic E-state index is 13.1. The minimum atomic E-state index is -0.0997. The van der Waals surface area contributed by atoms with Gasteiger partial charge < -0.3 is 10.6 Å². The van der Waals surface area contributed by atoms with Gasteiger partial charge in [0.1, 0.15) is 10.7 Å². The van der Waals surface area contributed by atoms with Crippen molar-refractivity contribution < 1.29 is 4.79 Å². The third-order valence-corrected chi connectivity index (χ3v) is 6.88. The number of nitrogens with two attached hydrogens (primary N) is 1. The van der Waals surface area contributed by atoms with Crippen molar-refractivity contribution in [3.05, 3.63) is 26.6 Å². The van der Waals surface area contributed by atoms with E-state index in [0.29, 0.717) is 28.2 Å². The number of nitrogens with zero attached hydrogens (tertiary/aromatic N) is 3. The summed E-state index contributed by atoms with van der Waals surface area (Å²) in [5.41, 5.74) is 6.87. The van der Waals surface area contributed by atoms with Crippen molar-refractivity contribution in [2.24, 2.45) is 11.1 Å². The minimum Gasteiger partial charge on any atom is -0.337 e. The highest BCUT2D eigenvalue weighted by molar-refractivity contribution is 7.20. The summed E-state index contributed by atoms with van der Waals surface area (Å²) in [7, 11) is 0. The van der Waals surface area contributed by atoms with Crippen LogP contribution in [-0.4, -0.2) is 39.5 Å². The van der Waals surface area contributed by atoms with Crippen LogP contribution in [0.2, 0.25) is 0 Å². The van der Waals surface area contributed by atoms with Crippen LogP contribution in [0.4, 0.5) is 0 Å². The molecular weight excluding hydrogens is 336 g/mol. The Bertz CT molecular complexity index is 927. The molecule has 0 bridgehead atoms. The third kappa shape index (κ3) is 2.52. The van der Waals surface area contributed by atoms with Gasteiger partial charge >= 0.3 is 0 Å². The van der Waals surface area contributed by atoms with Gasteiger partial charge in [-0.05, 0) is 30.7 Å². The molecule has 0 saturated carbocycles. The number of piperidine rings is 1. The highest BCUT2D eigenvalue weighted by Gasteiger charge is 2.36. The Kier molecular flexibility index (Phi) is 3.77. The van der Waals surface area contributed by atoms with E-state index in [0.717, 1.165) is 37.2 Å². The highest BCUT2D eigenvalue weighted by Crippen LogP contribution is 2.33. The zero-order valence-corrected chi connectivity index (χ0v) is 15.8. The lowest BCUT2D eigenvalue weighted by atomic mass is 9.79. The Morgan fingerprint density at radius 2 is 2.12 bits per heavy atom. The molecule has 7 heteroatoms. The quantitative estimate of drug-likeness (QED) is 0.842. The monoisotopic (exact) mass is 360 g/mol. The van der Waals surface area contributed by atoms with Crippen molar-refractivity contribution in [2.75, 3.05) is 13.1 Å². The standard InChI is InChI=1S/C18H24N4O2S/c1-10-13-15(20-12-5-4-7-22(12)16(13)23)25-14(10)17(24)21-8-6-11(19)18(2,3)9-21/h11H,4-9,19H2,1-3H3. The fourth-order valence-electron chi connectivity index (χ4n) is 3.97. The number of likely N-dealkylation sites (tertiary alicyclic amines) is 1. The molecule has 25 heavy (non-hydrogen) atoms. The van der Waals surface area contributed by atoms with E-state index in [9.17, 15) is 9.59 Å². The number of fused-ring (bicyclic) bond motifs is 2. The van der Waals surface area contributed by atoms with Gasteiger partial charge in [0.15, 0.2) is 0 Å². The number of hydrogen-bond donors (Lipinski definition) is 1. The number of aryl methyl sites for hydroxylation is 2. The molecule has 2 aliphatic rings. The Morgan fingerprint density at radius 1 is 1.36 bits per heavy atom. The van der Waals surface area contributed by atoms with Gasteiger partial charge in [0.05, 0.1) is 10.3 Å². The summed E-state index contributed by atoms with van der Waals surface area (Å²) in [5, 5.41) is 0.618. The molecule has 0 spiro atoms. The molecule has 2 N–H and O–H groups in total. The van der Waals surface area contributed by atoms with Gasteiger partial charge in [0.2, 0.25) is 0 Å². The summed E-state index contributed by atoms with van der Waals surface area (Å²) in [6.07, 6.45) is 2.61. The average Bonchev–Trinajstić information content (AvgIpc) is 3.14. The summed E-state index contributed by atoms with van der Waals surface area (Å²) in [6, 6.07) is 0.106. The SMILES string of the molecule is Cc1c(C(=O)N2CCC(N)C(C)(C)C2)sc2nc3n(c(=O)c12)CCC3. The van der Waals surface area contributed by atoms with Crippen LogP contribution in [0.5, 0.6) is 0 Å². The van der Waals surface area contributed by atoms with Crippen LogP contribution in [0.1, 0.15) is 47.7 Å². The molecule has 1 fully saturated rings. The van der Waals surface area contributed by atoms with Crippen LogP contribution >= 0.6 is 11.3 Å². The molecule has 2 aromatic heterocycles. The van der Waals surface area contributed by atoms with E-state index >= 15 is 0 Å². The molecule has 4 rings (SSSR count). The number of aromatic nitrogens is 2. The van der Waals surface area contributed by atoms with Crippen molar-refractivity contribution in [1.29, 1.82) is 0 Å². The second-order valence-electron chi connectivity index (χ2n) is 7.94. The molecule has 1 atom stereocenters. The van der Waals surface area contributed by atoms with E-state index < -0.39 is 0 Å². The molecule has 1 saturated heterocycles. The molecule has 0 aromatic carbocycles. The van der Waals surface area contributed by atoms with Gasteiger partial charge in [0, 0.05) is 32.1 Å². The van der Waals surface area contributed by atoms with Crippen LogP contribution in [0.3, 0.4) is 0 Å². The molecule has 0 aliphatic carbocycles. The van der Waals surface area contributed by atoms with Crippen LogP contribution in [0.25, 0.3) is 10.2 Å². The molecule has 2 aliphatic heterocycles. The average molecular weight is 360 g/mol. The predicted octanol–water partition coefficient (Wildman–Crippen LogP) is 1.91. The molecule has 0 radical (unpaired) electrons. The van der Waals surface area contributed by atoms with Crippen molar-refractivity contribution in [1.82, 2.24) is 14.5 Å². The number of thiophene rings is 1. The summed E-state index contributed by atoms with van der Waals surface area (Å²) >= 11 is 1.36. The lowest BCUT2D eigenvalue weighted by Crippen LogP contribution is -2.53. The maximum absolute atomic E-state index is 13.1. The lowest BCUT2D eigenvalue weighted by molar-refractivity contribution is 0.0537. The summed E-state index contributed by atoms with van der Waals surface area (Å²) in [5.74, 6) is 0.855. The van der Waals surface area contributed by atoms with Gasteiger partial charge in [-0.2, -0.15) is 0 Å². The van der Waals surface area contributed by atoms with Gasteiger partial charge in [0.25, 0.3) is 11.5 Å². The first-order valence-electron chi connectivity index (χ1n) is 8.87. The van der Waals surface area contributed by atoms with Gasteiger partial charge in [-0.15, -0.1) is 11.3 Å². The van der Waals surface area contributed by atoms with E-state index in [4.69, 9.17) is 5.73 Å². The largest absolute Gasteiger partial charge is 0.337 e. The molecule has 2 aromatic rings. The molecule has 4 heterocycles. The number of rotatable bonds is 1. The van der Waals surface area contributed by atoms with Crippen molar-refractivity contribution in [2.45, 2.75) is 52.6 Å². The van der Waals surface area contributed by atoms with Gasteiger partial charge in [-0.3, -0.25) is 14.2 Å². The maximum Gasteiger partial charge on any atom is 0.264 e. The molecule has 1 unspecified atom stereocenters. The minimum absolute atomic E-state index is 0.00466. The first-order valence-corrected chi connectivity index (χ1v) is 9.69. The normalized spacial score (nSPS) is 22.4. The zero-order valence-electron chi connectivity index (χ0n) is 15.0. The number of hydrogen-bond acceptors (Lipinski definition) is 5. The first-order chi connectivity index (χ1) is 11.8. The zero-order chi connectivity index (χ0) is 17.9. The first kappa shape index (κ1) is 16.7. The topological polar surface area (TPSA) is 81.2 Å². The Morgan fingerprint density at radius 3 is 2.84 bits per heavy atom. The molecular formula is C18H24N4O2S. The Labute approximate surface area is 150 Å². The Balaban J connectivity index is 1.75. The number of carbonyl (C=O) groups excluding carboxylic acids is 1. The summed E-state index contributed by atoms with van der Waals surface area (Å²) in [4.78, 5) is 33.8. The van der Waals surface area contributed by atoms with Crippen LogP contribution in [0, 0.1) is 12.3 Å². The van der Waals surface area contributed by atoms with E-state index in [1.807, 2.05) is 11.8 Å². The van der Waals surface area contributed by atoms with E-state index in [-0.39, 0.29) is 22.9 Å². The van der Waals surface area contributed by atoms with E-state index in [2.05, 4.69) is 18.8 Å². The predicted molar refractivity (Wildman–Crippen MR) is 99.2 cm³/mol. The third-order valence-electron chi connectivity index (χ3n) is 5.71. The molecule has 6 nitrogen and oxygen atoms in total. The molecule has 134 valence electrons. The van der Waals surface area contributed by atoms with Crippen LogP contribution in [0.15, 0.2) is 4.79 Å². The van der Waals surface area contributed by atoms with Gasteiger partial charge in [-0.25, -0.2) is 4.98 Å². The number of amides is 1. The fraction of sp³-hybridized carbons (Fsp3) is 0.611. The summed E-state index contributed by atoms with van der Waals surface area (Å²) in [6.45, 7) is 8.12. The molecule has 1 amide bonds. The van der Waals surface area contributed by atoms with Crippen LogP contribution in [-0.2, 0) is 13.0 Å². The Hall–Kier alpha value is -1.73.